The van der Waals surface area contributed by atoms with Gasteiger partial charge in [0.15, 0.2) is 0 Å². The van der Waals surface area contributed by atoms with Crippen molar-refractivity contribution in [2.24, 2.45) is 5.92 Å². The van der Waals surface area contributed by atoms with Gasteiger partial charge < -0.3 is 5.32 Å². The Morgan fingerprint density at radius 1 is 1.37 bits per heavy atom. The first-order valence-corrected chi connectivity index (χ1v) is 7.96. The van der Waals surface area contributed by atoms with E-state index in [0.29, 0.717) is 6.04 Å². The van der Waals surface area contributed by atoms with Crippen LogP contribution >= 0.6 is 11.6 Å². The van der Waals surface area contributed by atoms with E-state index < -0.39 is 0 Å². The second-order valence-electron chi connectivity index (χ2n) is 5.73. The maximum atomic E-state index is 6.34. The van der Waals surface area contributed by atoms with E-state index in [1.807, 2.05) is 11.6 Å². The molecule has 1 aliphatic rings. The fraction of sp³-hybridized carbons (Fsp3) is 0.800. The van der Waals surface area contributed by atoms with Crippen LogP contribution in [0, 0.1) is 12.8 Å². The van der Waals surface area contributed by atoms with E-state index in [2.05, 4.69) is 24.3 Å². The minimum absolute atomic E-state index is 0.567. The third kappa shape index (κ3) is 3.51. The van der Waals surface area contributed by atoms with E-state index in [9.17, 15) is 0 Å². The van der Waals surface area contributed by atoms with Gasteiger partial charge in [-0.25, -0.2) is 0 Å². The maximum absolute atomic E-state index is 6.34. The first-order valence-electron chi connectivity index (χ1n) is 7.58. The van der Waals surface area contributed by atoms with Crippen LogP contribution in [-0.2, 0) is 13.1 Å². The van der Waals surface area contributed by atoms with Crippen molar-refractivity contribution in [2.45, 2.75) is 72.0 Å². The van der Waals surface area contributed by atoms with Crippen molar-refractivity contribution in [1.82, 2.24) is 15.1 Å². The third-order valence-corrected chi connectivity index (χ3v) is 4.89. The highest BCUT2D eigenvalue weighted by molar-refractivity contribution is 6.31. The van der Waals surface area contributed by atoms with Crippen LogP contribution in [-0.4, -0.2) is 15.8 Å². The van der Waals surface area contributed by atoms with Gasteiger partial charge in [-0.1, -0.05) is 30.9 Å². The summed E-state index contributed by atoms with van der Waals surface area (Å²) < 4.78 is 2.01. The lowest BCUT2D eigenvalue weighted by molar-refractivity contribution is 0.279. The highest BCUT2D eigenvalue weighted by Gasteiger charge is 2.20. The van der Waals surface area contributed by atoms with E-state index in [-0.39, 0.29) is 0 Å². The molecule has 1 N–H and O–H groups in total. The zero-order valence-electron chi connectivity index (χ0n) is 12.4. The smallest absolute Gasteiger partial charge is 0.0860 e. The molecule has 4 heteroatoms. The average Bonchev–Trinajstić information content (AvgIpc) is 2.72. The Hall–Kier alpha value is -0.540. The van der Waals surface area contributed by atoms with Crippen molar-refractivity contribution in [2.75, 3.05) is 0 Å². The van der Waals surface area contributed by atoms with E-state index in [1.54, 1.807) is 0 Å². The van der Waals surface area contributed by atoms with Crippen LogP contribution in [0.5, 0.6) is 0 Å². The fourth-order valence-corrected chi connectivity index (χ4v) is 3.30. The Morgan fingerprint density at radius 3 is 2.68 bits per heavy atom. The first-order chi connectivity index (χ1) is 9.13. The molecule has 0 radical (unpaired) electrons. The van der Waals surface area contributed by atoms with Crippen LogP contribution in [0.25, 0.3) is 0 Å². The summed E-state index contributed by atoms with van der Waals surface area (Å²) in [5.41, 5.74) is 2.06. The van der Waals surface area contributed by atoms with E-state index in [0.717, 1.165) is 35.4 Å². The Kier molecular flexibility index (Phi) is 5.28. The van der Waals surface area contributed by atoms with Gasteiger partial charge in [0.05, 0.1) is 16.4 Å². The first kappa shape index (κ1) is 14.9. The summed E-state index contributed by atoms with van der Waals surface area (Å²) >= 11 is 6.34. The number of nitrogens with one attached hydrogen (secondary N) is 1. The quantitative estimate of drug-likeness (QED) is 0.887. The summed E-state index contributed by atoms with van der Waals surface area (Å²) in [6.45, 7) is 8.09. The summed E-state index contributed by atoms with van der Waals surface area (Å²) in [4.78, 5) is 0. The van der Waals surface area contributed by atoms with Gasteiger partial charge >= 0.3 is 0 Å². The zero-order valence-corrected chi connectivity index (χ0v) is 13.1. The number of rotatable bonds is 5. The van der Waals surface area contributed by atoms with Crippen molar-refractivity contribution in [3.63, 3.8) is 0 Å². The second-order valence-corrected chi connectivity index (χ2v) is 6.11. The molecule has 1 heterocycles. The maximum Gasteiger partial charge on any atom is 0.0860 e. The van der Waals surface area contributed by atoms with E-state index in [4.69, 9.17) is 11.6 Å². The molecule has 0 spiro atoms. The van der Waals surface area contributed by atoms with Gasteiger partial charge in [0.25, 0.3) is 0 Å². The van der Waals surface area contributed by atoms with Gasteiger partial charge in [0.2, 0.25) is 0 Å². The Morgan fingerprint density at radius 2 is 2.05 bits per heavy atom. The number of hydrogen-bond donors (Lipinski definition) is 1. The van der Waals surface area contributed by atoms with Crippen LogP contribution in [0.15, 0.2) is 0 Å². The Bertz CT molecular complexity index is 408. The molecule has 1 atom stereocenters. The average molecular weight is 284 g/mol. The monoisotopic (exact) mass is 283 g/mol. The number of aromatic nitrogens is 2. The van der Waals surface area contributed by atoms with Crippen LogP contribution < -0.4 is 5.32 Å². The lowest BCUT2D eigenvalue weighted by atomic mass is 9.84. The number of nitrogens with zero attached hydrogens (tertiary/aromatic N) is 2. The molecule has 1 aromatic heterocycles. The SMILES string of the molecule is CCn1nc(C)c(Cl)c1CNC(C)C1CCCCC1. The van der Waals surface area contributed by atoms with Crippen molar-refractivity contribution >= 4 is 11.6 Å². The van der Waals surface area contributed by atoms with Crippen LogP contribution in [0.4, 0.5) is 0 Å². The van der Waals surface area contributed by atoms with Crippen LogP contribution in [0.3, 0.4) is 0 Å². The topological polar surface area (TPSA) is 29.9 Å². The second kappa shape index (κ2) is 6.76. The van der Waals surface area contributed by atoms with Gasteiger partial charge in [-0.05, 0) is 39.5 Å². The predicted molar refractivity (Wildman–Crippen MR) is 80.5 cm³/mol. The largest absolute Gasteiger partial charge is 0.308 e. The molecule has 3 nitrogen and oxygen atoms in total. The van der Waals surface area contributed by atoms with Crippen molar-refractivity contribution in [3.8, 4) is 0 Å². The zero-order chi connectivity index (χ0) is 13.8. The summed E-state index contributed by atoms with van der Waals surface area (Å²) in [7, 11) is 0. The highest BCUT2D eigenvalue weighted by Crippen LogP contribution is 2.27. The van der Waals surface area contributed by atoms with E-state index in [1.165, 1.54) is 32.1 Å². The summed E-state index contributed by atoms with van der Waals surface area (Å²) in [5.74, 6) is 0.826. The molecule has 19 heavy (non-hydrogen) atoms. The predicted octanol–water partition coefficient (Wildman–Crippen LogP) is 3.92. The summed E-state index contributed by atoms with van der Waals surface area (Å²) in [6.07, 6.45) is 6.94. The van der Waals surface area contributed by atoms with Crippen LogP contribution in [0.2, 0.25) is 5.02 Å². The van der Waals surface area contributed by atoms with Gasteiger partial charge in [0, 0.05) is 19.1 Å². The molecule has 0 amide bonds. The Labute approximate surface area is 121 Å². The van der Waals surface area contributed by atoms with Crippen molar-refractivity contribution < 1.29 is 0 Å². The number of halogens is 1. The summed E-state index contributed by atoms with van der Waals surface area (Å²) in [6, 6.07) is 0.567. The molecule has 0 aromatic carbocycles. The van der Waals surface area contributed by atoms with Crippen LogP contribution in [0.1, 0.15) is 57.3 Å². The molecule has 1 saturated carbocycles. The fourth-order valence-electron chi connectivity index (χ4n) is 3.10. The van der Waals surface area contributed by atoms with E-state index >= 15 is 0 Å². The normalized spacial score (nSPS) is 18.7. The standard InChI is InChI=1S/C15H26ClN3/c1-4-19-14(15(16)12(3)18-19)10-17-11(2)13-8-6-5-7-9-13/h11,13,17H,4-10H2,1-3H3. The van der Waals surface area contributed by atoms with Gasteiger partial charge in [-0.2, -0.15) is 5.10 Å². The molecule has 0 saturated heterocycles. The molecular formula is C15H26ClN3. The van der Waals surface area contributed by atoms with Crippen molar-refractivity contribution in [1.29, 1.82) is 0 Å². The minimum atomic E-state index is 0.567. The Balaban J connectivity index is 1.94. The number of aryl methyl sites for hydroxylation is 2. The van der Waals surface area contributed by atoms with Gasteiger partial charge in [-0.15, -0.1) is 0 Å². The van der Waals surface area contributed by atoms with Gasteiger partial charge in [0.1, 0.15) is 0 Å². The molecule has 1 aromatic rings. The van der Waals surface area contributed by atoms with Crippen molar-refractivity contribution in [3.05, 3.63) is 16.4 Å². The minimum Gasteiger partial charge on any atom is -0.308 e. The third-order valence-electron chi connectivity index (χ3n) is 4.40. The van der Waals surface area contributed by atoms with Gasteiger partial charge in [-0.3, -0.25) is 4.68 Å². The molecule has 108 valence electrons. The lowest BCUT2D eigenvalue weighted by Gasteiger charge is -2.28. The molecule has 1 unspecified atom stereocenters. The molecular weight excluding hydrogens is 258 g/mol. The highest BCUT2D eigenvalue weighted by atomic mass is 35.5. The molecule has 2 rings (SSSR count). The summed E-state index contributed by atoms with van der Waals surface area (Å²) in [5, 5.41) is 8.94. The lowest BCUT2D eigenvalue weighted by Crippen LogP contribution is -2.34. The number of hydrogen-bond acceptors (Lipinski definition) is 2. The molecule has 1 aliphatic carbocycles. The molecule has 0 aliphatic heterocycles. The molecule has 1 fully saturated rings. The molecule has 0 bridgehead atoms.